The molecule has 3 N–H and O–H groups in total. The average molecular weight is 508 g/mol. The van der Waals surface area contributed by atoms with Gasteiger partial charge in [-0.25, -0.2) is 23.1 Å². The number of H-pyrrole nitrogens is 1. The summed E-state index contributed by atoms with van der Waals surface area (Å²) in [5.74, 6) is -2.01. The second-order valence-electron chi connectivity index (χ2n) is 7.25. The first-order chi connectivity index (χ1) is 16.9. The maximum atomic E-state index is 14.4. The van der Waals surface area contributed by atoms with Gasteiger partial charge in [0.1, 0.15) is 19.0 Å². The van der Waals surface area contributed by atoms with Crippen molar-refractivity contribution in [3.05, 3.63) is 74.8 Å². The molecule has 0 saturated carbocycles. The standard InChI is InChI=1S/C23H20ClF2N3O6/c1-33-18-5-3-15(25)21(26)13(18)11-35-20-9-17(14(24)8-19(20)34-7-6-30)29-22-16(28-23(29)32)4-2-12(10-31)27-22/h2-5,8-9,30-31H,6-7,10-11H2,1H3,(H,28,32). The van der Waals surface area contributed by atoms with Gasteiger partial charge in [0.25, 0.3) is 0 Å². The van der Waals surface area contributed by atoms with Gasteiger partial charge in [0.05, 0.1) is 47.8 Å². The molecular weight excluding hydrogens is 488 g/mol. The number of methoxy groups -OCH3 is 1. The number of fused-ring (bicyclic) bond motifs is 1. The van der Waals surface area contributed by atoms with Crippen molar-refractivity contribution in [2.24, 2.45) is 0 Å². The molecule has 0 unspecified atom stereocenters. The summed E-state index contributed by atoms with van der Waals surface area (Å²) < 4.78 is 45.8. The highest BCUT2D eigenvalue weighted by Crippen LogP contribution is 2.37. The number of halogens is 3. The van der Waals surface area contributed by atoms with Crippen LogP contribution in [-0.2, 0) is 13.2 Å². The van der Waals surface area contributed by atoms with Gasteiger partial charge in [-0.3, -0.25) is 0 Å². The van der Waals surface area contributed by atoms with Crippen LogP contribution in [0.3, 0.4) is 0 Å². The fraction of sp³-hybridized carbons (Fsp3) is 0.217. The van der Waals surface area contributed by atoms with Gasteiger partial charge in [-0.1, -0.05) is 11.6 Å². The molecule has 12 heteroatoms. The number of hydrogen-bond acceptors (Lipinski definition) is 7. The molecule has 0 fully saturated rings. The molecule has 0 bridgehead atoms. The number of aromatic amines is 1. The number of aliphatic hydroxyl groups is 2. The van der Waals surface area contributed by atoms with Crippen LogP contribution in [0.5, 0.6) is 17.2 Å². The Morgan fingerprint density at radius 3 is 2.57 bits per heavy atom. The Labute approximate surface area is 202 Å². The van der Waals surface area contributed by atoms with Crippen molar-refractivity contribution >= 4 is 22.8 Å². The third-order valence-electron chi connectivity index (χ3n) is 5.10. The summed E-state index contributed by atoms with van der Waals surface area (Å²) in [4.78, 5) is 19.7. The van der Waals surface area contributed by atoms with Crippen molar-refractivity contribution in [1.82, 2.24) is 14.5 Å². The lowest BCUT2D eigenvalue weighted by Gasteiger charge is -2.17. The number of rotatable bonds is 9. The van der Waals surface area contributed by atoms with Crippen LogP contribution in [-0.4, -0.2) is 45.1 Å². The first-order valence-electron chi connectivity index (χ1n) is 10.3. The van der Waals surface area contributed by atoms with Crippen molar-refractivity contribution < 1.29 is 33.2 Å². The van der Waals surface area contributed by atoms with Crippen LogP contribution >= 0.6 is 11.6 Å². The third-order valence-corrected chi connectivity index (χ3v) is 5.40. The van der Waals surface area contributed by atoms with E-state index in [2.05, 4.69) is 9.97 Å². The van der Waals surface area contributed by atoms with Crippen molar-refractivity contribution in [1.29, 1.82) is 0 Å². The van der Waals surface area contributed by atoms with E-state index in [1.807, 2.05) is 0 Å². The molecule has 0 saturated heterocycles. The summed E-state index contributed by atoms with van der Waals surface area (Å²) in [6, 6.07) is 8.09. The minimum Gasteiger partial charge on any atom is -0.496 e. The van der Waals surface area contributed by atoms with E-state index < -0.39 is 23.9 Å². The van der Waals surface area contributed by atoms with E-state index in [4.69, 9.17) is 30.9 Å². The Morgan fingerprint density at radius 2 is 1.86 bits per heavy atom. The average Bonchev–Trinajstić information content (AvgIpc) is 3.18. The lowest BCUT2D eigenvalue weighted by molar-refractivity contribution is 0.191. The fourth-order valence-corrected chi connectivity index (χ4v) is 3.70. The summed E-state index contributed by atoms with van der Waals surface area (Å²) in [6.07, 6.45) is 0. The van der Waals surface area contributed by atoms with Crippen LogP contribution in [0.15, 0.2) is 41.2 Å². The number of imidazole rings is 1. The molecule has 0 atom stereocenters. The number of pyridine rings is 1. The highest BCUT2D eigenvalue weighted by molar-refractivity contribution is 6.32. The second-order valence-corrected chi connectivity index (χ2v) is 7.66. The van der Waals surface area contributed by atoms with Crippen LogP contribution in [0, 0.1) is 11.6 Å². The minimum atomic E-state index is -1.13. The van der Waals surface area contributed by atoms with Crippen molar-refractivity contribution in [2.75, 3.05) is 20.3 Å². The normalized spacial score (nSPS) is 11.1. The van der Waals surface area contributed by atoms with Gasteiger partial charge in [0, 0.05) is 12.1 Å². The summed E-state index contributed by atoms with van der Waals surface area (Å²) in [6.45, 7) is -1.19. The largest absolute Gasteiger partial charge is 0.496 e. The number of nitrogens with zero attached hydrogens (tertiary/aromatic N) is 2. The fourth-order valence-electron chi connectivity index (χ4n) is 3.46. The van der Waals surface area contributed by atoms with Crippen molar-refractivity contribution in [3.63, 3.8) is 0 Å². The monoisotopic (exact) mass is 507 g/mol. The number of aromatic nitrogens is 3. The van der Waals surface area contributed by atoms with E-state index in [9.17, 15) is 18.7 Å². The van der Waals surface area contributed by atoms with E-state index in [-0.39, 0.29) is 59.0 Å². The molecule has 2 aromatic carbocycles. The molecule has 2 aromatic heterocycles. The zero-order valence-corrected chi connectivity index (χ0v) is 19.1. The Bertz CT molecular complexity index is 1440. The summed E-state index contributed by atoms with van der Waals surface area (Å²) in [7, 11) is 1.31. The van der Waals surface area contributed by atoms with E-state index in [1.165, 1.54) is 29.9 Å². The Kier molecular flexibility index (Phi) is 7.20. The van der Waals surface area contributed by atoms with Crippen LogP contribution in [0.2, 0.25) is 5.02 Å². The zero-order valence-electron chi connectivity index (χ0n) is 18.3. The lowest BCUT2D eigenvalue weighted by Crippen LogP contribution is -2.16. The Morgan fingerprint density at radius 1 is 1.09 bits per heavy atom. The van der Waals surface area contributed by atoms with E-state index in [0.29, 0.717) is 11.2 Å². The van der Waals surface area contributed by atoms with Crippen LogP contribution in [0.1, 0.15) is 11.3 Å². The molecule has 2 heterocycles. The summed E-state index contributed by atoms with van der Waals surface area (Å²) in [5.41, 5.74) is 0.361. The molecule has 0 radical (unpaired) electrons. The van der Waals surface area contributed by atoms with Gasteiger partial charge >= 0.3 is 5.69 Å². The van der Waals surface area contributed by atoms with Crippen molar-refractivity contribution in [3.8, 4) is 22.9 Å². The molecule has 35 heavy (non-hydrogen) atoms. The molecule has 0 aliphatic carbocycles. The van der Waals surface area contributed by atoms with Gasteiger partial charge in [0.2, 0.25) is 0 Å². The molecule has 4 rings (SSSR count). The van der Waals surface area contributed by atoms with Crippen LogP contribution in [0.25, 0.3) is 16.9 Å². The maximum Gasteiger partial charge on any atom is 0.332 e. The van der Waals surface area contributed by atoms with Gasteiger partial charge in [-0.05, 0) is 24.3 Å². The number of hydrogen-bond donors (Lipinski definition) is 3. The van der Waals surface area contributed by atoms with Crippen LogP contribution in [0.4, 0.5) is 8.78 Å². The topological polar surface area (TPSA) is 119 Å². The number of aliphatic hydroxyl groups excluding tert-OH is 2. The summed E-state index contributed by atoms with van der Waals surface area (Å²) >= 11 is 6.45. The van der Waals surface area contributed by atoms with Gasteiger partial charge < -0.3 is 29.4 Å². The van der Waals surface area contributed by atoms with E-state index in [0.717, 1.165) is 6.07 Å². The predicted octanol–water partition coefficient (Wildman–Crippen LogP) is 3.10. The minimum absolute atomic E-state index is 0.0307. The molecule has 184 valence electrons. The number of nitrogens with one attached hydrogen (secondary N) is 1. The molecule has 4 aromatic rings. The Hall–Kier alpha value is -3.67. The molecule has 0 amide bonds. The molecule has 0 aliphatic heterocycles. The third kappa shape index (κ3) is 4.78. The molecule has 0 aliphatic rings. The highest BCUT2D eigenvalue weighted by Gasteiger charge is 2.20. The SMILES string of the molecule is COc1ccc(F)c(F)c1COc1cc(-n2c(=O)[nH]c3ccc(CO)nc32)c(Cl)cc1OCCO. The second kappa shape index (κ2) is 10.3. The highest BCUT2D eigenvalue weighted by atomic mass is 35.5. The van der Waals surface area contributed by atoms with E-state index >= 15 is 0 Å². The van der Waals surface area contributed by atoms with Gasteiger partial charge in [-0.2, -0.15) is 0 Å². The van der Waals surface area contributed by atoms with Gasteiger partial charge in [-0.15, -0.1) is 0 Å². The first kappa shape index (κ1) is 24.5. The predicted molar refractivity (Wildman–Crippen MR) is 122 cm³/mol. The lowest BCUT2D eigenvalue weighted by atomic mass is 10.2. The summed E-state index contributed by atoms with van der Waals surface area (Å²) in [5, 5.41) is 18.7. The number of benzene rings is 2. The van der Waals surface area contributed by atoms with E-state index in [1.54, 1.807) is 12.1 Å². The van der Waals surface area contributed by atoms with Gasteiger partial charge in [0.15, 0.2) is 28.8 Å². The van der Waals surface area contributed by atoms with Crippen LogP contribution < -0.4 is 19.9 Å². The maximum absolute atomic E-state index is 14.4. The molecule has 9 nitrogen and oxygen atoms in total. The smallest absolute Gasteiger partial charge is 0.332 e. The Balaban J connectivity index is 1.82. The first-order valence-corrected chi connectivity index (χ1v) is 10.7. The molecule has 0 spiro atoms. The van der Waals surface area contributed by atoms with Crippen molar-refractivity contribution in [2.45, 2.75) is 13.2 Å². The molecular formula is C23H20ClF2N3O6. The number of ether oxygens (including phenoxy) is 3. The zero-order chi connectivity index (χ0) is 25.1. The quantitative estimate of drug-likeness (QED) is 0.318.